The fraction of sp³-hybridized carbons (Fsp3) is 0.261. The van der Waals surface area contributed by atoms with Crippen molar-refractivity contribution in [3.63, 3.8) is 0 Å². The third-order valence-electron chi connectivity index (χ3n) is 5.45. The van der Waals surface area contributed by atoms with Gasteiger partial charge in [0.15, 0.2) is 0 Å². The van der Waals surface area contributed by atoms with Gasteiger partial charge < -0.3 is 16.4 Å². The van der Waals surface area contributed by atoms with Gasteiger partial charge in [-0.15, -0.1) is 0 Å². The van der Waals surface area contributed by atoms with Crippen molar-refractivity contribution in [1.29, 1.82) is 0 Å². The van der Waals surface area contributed by atoms with Crippen LogP contribution >= 0.6 is 0 Å². The van der Waals surface area contributed by atoms with E-state index in [2.05, 4.69) is 10.6 Å². The predicted molar refractivity (Wildman–Crippen MR) is 115 cm³/mol. The number of benzene rings is 2. The van der Waals surface area contributed by atoms with E-state index in [0.29, 0.717) is 11.3 Å². The number of para-hydroxylation sites is 2. The fourth-order valence-electron chi connectivity index (χ4n) is 3.82. The lowest BCUT2D eigenvalue weighted by atomic mass is 10.0. The molecule has 2 heterocycles. The molecule has 1 unspecified atom stereocenters. The number of nitrogens with two attached hydrogens (primary N) is 1. The average molecular weight is 404 g/mol. The van der Waals surface area contributed by atoms with Crippen LogP contribution in [0.5, 0.6) is 0 Å². The molecule has 154 valence electrons. The molecule has 0 saturated heterocycles. The van der Waals surface area contributed by atoms with E-state index in [1.807, 2.05) is 38.1 Å². The number of anilines is 1. The van der Waals surface area contributed by atoms with E-state index < -0.39 is 18.0 Å². The molecule has 0 aliphatic carbocycles. The number of carbonyl (C=O) groups is 3. The van der Waals surface area contributed by atoms with E-state index in [1.165, 1.54) is 0 Å². The maximum Gasteiger partial charge on any atom is 0.264 e. The summed E-state index contributed by atoms with van der Waals surface area (Å²) in [5.74, 6) is -1.21. The molecule has 0 saturated carbocycles. The molecule has 7 nitrogen and oxygen atoms in total. The number of carbonyl (C=O) groups excluding carboxylic acids is 3. The SMILES string of the molecule is CC(C)C1NC(=O)[C@@H](N)Cc2cn(c3ccccc23)C(=O)c2ccccc2NC1=O. The van der Waals surface area contributed by atoms with E-state index in [-0.39, 0.29) is 24.2 Å². The molecule has 0 fully saturated rings. The molecule has 2 aromatic carbocycles. The fourth-order valence-corrected chi connectivity index (χ4v) is 3.82. The second kappa shape index (κ2) is 7.76. The van der Waals surface area contributed by atoms with Crippen molar-refractivity contribution in [2.24, 2.45) is 11.7 Å². The zero-order valence-corrected chi connectivity index (χ0v) is 16.9. The smallest absolute Gasteiger partial charge is 0.264 e. The minimum atomic E-state index is -0.850. The number of amides is 2. The summed E-state index contributed by atoms with van der Waals surface area (Å²) in [5.41, 5.74) is 8.48. The quantitative estimate of drug-likeness (QED) is 0.578. The van der Waals surface area contributed by atoms with Crippen molar-refractivity contribution in [1.82, 2.24) is 9.88 Å². The Labute approximate surface area is 174 Å². The van der Waals surface area contributed by atoms with E-state index >= 15 is 0 Å². The van der Waals surface area contributed by atoms with Crippen LogP contribution in [0, 0.1) is 5.92 Å². The lowest BCUT2D eigenvalue weighted by Crippen LogP contribution is -2.52. The molecule has 2 bridgehead atoms. The van der Waals surface area contributed by atoms with E-state index in [1.54, 1.807) is 35.0 Å². The van der Waals surface area contributed by atoms with Gasteiger partial charge in [-0.05, 0) is 36.1 Å². The maximum atomic E-state index is 13.4. The molecule has 4 N–H and O–H groups in total. The van der Waals surface area contributed by atoms with Crippen molar-refractivity contribution in [3.8, 4) is 0 Å². The van der Waals surface area contributed by atoms with Gasteiger partial charge in [-0.2, -0.15) is 0 Å². The van der Waals surface area contributed by atoms with Crippen LogP contribution in [0.15, 0.2) is 54.7 Å². The standard InChI is InChI=1S/C23H24N4O3/c1-13(2)20-22(29)25-18-9-5-3-8-16(18)23(30)27-12-14(11-17(24)21(28)26-20)15-7-4-6-10-19(15)27/h3-10,12-13,17,20H,11,24H2,1-2H3,(H,25,29)(H,26,28)/t17-,20?/m0/s1. The second-order valence-electron chi connectivity index (χ2n) is 7.92. The van der Waals surface area contributed by atoms with Crippen LogP contribution in [0.4, 0.5) is 5.69 Å². The normalized spacial score (nSPS) is 20.1. The maximum absolute atomic E-state index is 13.4. The molecule has 4 rings (SSSR count). The molecular formula is C23H24N4O3. The highest BCUT2D eigenvalue weighted by Crippen LogP contribution is 2.26. The van der Waals surface area contributed by atoms with Crippen LogP contribution in [-0.4, -0.2) is 34.4 Å². The number of hydrogen-bond acceptors (Lipinski definition) is 4. The third kappa shape index (κ3) is 3.48. The Hall–Kier alpha value is -3.45. The van der Waals surface area contributed by atoms with Gasteiger partial charge in [0.1, 0.15) is 6.04 Å². The highest BCUT2D eigenvalue weighted by Gasteiger charge is 2.29. The van der Waals surface area contributed by atoms with Crippen molar-refractivity contribution >= 4 is 34.3 Å². The molecule has 1 aromatic heterocycles. The van der Waals surface area contributed by atoms with Gasteiger partial charge in [0.05, 0.1) is 22.8 Å². The highest BCUT2D eigenvalue weighted by molar-refractivity contribution is 6.09. The highest BCUT2D eigenvalue weighted by atomic mass is 16.2. The third-order valence-corrected chi connectivity index (χ3v) is 5.45. The van der Waals surface area contributed by atoms with Crippen LogP contribution in [0.3, 0.4) is 0 Å². The summed E-state index contributed by atoms with van der Waals surface area (Å²) in [6.45, 7) is 3.69. The molecule has 2 atom stereocenters. The molecule has 7 heteroatoms. The van der Waals surface area contributed by atoms with Gasteiger partial charge >= 0.3 is 0 Å². The predicted octanol–water partition coefficient (Wildman–Crippen LogP) is 2.29. The molecule has 0 radical (unpaired) electrons. The second-order valence-corrected chi connectivity index (χ2v) is 7.92. The van der Waals surface area contributed by atoms with Gasteiger partial charge in [0, 0.05) is 11.6 Å². The summed E-state index contributed by atoms with van der Waals surface area (Å²) < 4.78 is 1.55. The van der Waals surface area contributed by atoms with Gasteiger partial charge in [0.2, 0.25) is 11.8 Å². The number of rotatable bonds is 1. The molecule has 1 aliphatic rings. The zero-order chi connectivity index (χ0) is 21.4. The number of aromatic nitrogens is 1. The first-order chi connectivity index (χ1) is 14.4. The monoisotopic (exact) mass is 404 g/mol. The Balaban J connectivity index is 1.90. The molecule has 3 aromatic rings. The van der Waals surface area contributed by atoms with E-state index in [0.717, 1.165) is 16.5 Å². The van der Waals surface area contributed by atoms with E-state index in [4.69, 9.17) is 5.73 Å². The number of nitrogens with zero attached hydrogens (tertiary/aromatic N) is 1. The van der Waals surface area contributed by atoms with Crippen LogP contribution in [0.2, 0.25) is 0 Å². The van der Waals surface area contributed by atoms with Crippen LogP contribution < -0.4 is 16.4 Å². The first-order valence-electron chi connectivity index (χ1n) is 9.96. The lowest BCUT2D eigenvalue weighted by molar-refractivity contribution is -0.128. The summed E-state index contributed by atoms with van der Waals surface area (Å²) in [6, 6.07) is 12.8. The van der Waals surface area contributed by atoms with Gasteiger partial charge in [-0.25, -0.2) is 0 Å². The summed E-state index contributed by atoms with van der Waals surface area (Å²) in [4.78, 5) is 39.1. The molecule has 2 amide bonds. The summed E-state index contributed by atoms with van der Waals surface area (Å²) >= 11 is 0. The zero-order valence-electron chi connectivity index (χ0n) is 16.9. The molecule has 30 heavy (non-hydrogen) atoms. The summed E-state index contributed by atoms with van der Waals surface area (Å²) in [6.07, 6.45) is 1.98. The van der Waals surface area contributed by atoms with Crippen LogP contribution in [0.25, 0.3) is 10.9 Å². The average Bonchev–Trinajstić information content (AvgIpc) is 3.09. The minimum Gasteiger partial charge on any atom is -0.343 e. The minimum absolute atomic E-state index is 0.158. The Bertz CT molecular complexity index is 1150. The molecule has 0 spiro atoms. The van der Waals surface area contributed by atoms with Crippen LogP contribution in [0.1, 0.15) is 29.8 Å². The van der Waals surface area contributed by atoms with Crippen molar-refractivity contribution in [2.45, 2.75) is 32.4 Å². The number of nitrogens with one attached hydrogen (secondary N) is 2. The van der Waals surface area contributed by atoms with Gasteiger partial charge in [-0.3, -0.25) is 19.0 Å². The first kappa shape index (κ1) is 19.8. The van der Waals surface area contributed by atoms with Crippen molar-refractivity contribution < 1.29 is 14.4 Å². The largest absolute Gasteiger partial charge is 0.343 e. The Morgan fingerprint density at radius 3 is 2.47 bits per heavy atom. The topological polar surface area (TPSA) is 106 Å². The summed E-state index contributed by atoms with van der Waals surface area (Å²) in [7, 11) is 0. The first-order valence-corrected chi connectivity index (χ1v) is 9.96. The van der Waals surface area contributed by atoms with Crippen molar-refractivity contribution in [2.75, 3.05) is 5.32 Å². The Kier molecular flexibility index (Phi) is 5.13. The number of fused-ring (bicyclic) bond motifs is 6. The van der Waals surface area contributed by atoms with E-state index in [9.17, 15) is 14.4 Å². The van der Waals surface area contributed by atoms with Gasteiger partial charge in [-0.1, -0.05) is 44.2 Å². The molecular weight excluding hydrogens is 380 g/mol. The summed E-state index contributed by atoms with van der Waals surface area (Å²) in [5, 5.41) is 6.46. The Morgan fingerprint density at radius 1 is 1.00 bits per heavy atom. The lowest BCUT2D eigenvalue weighted by Gasteiger charge is -2.24. The number of hydrogen-bond donors (Lipinski definition) is 3. The van der Waals surface area contributed by atoms with Crippen LogP contribution in [-0.2, 0) is 16.0 Å². The molecule has 1 aliphatic heterocycles. The van der Waals surface area contributed by atoms with Crippen molar-refractivity contribution in [3.05, 3.63) is 65.9 Å². The van der Waals surface area contributed by atoms with Gasteiger partial charge in [0.25, 0.3) is 5.91 Å². The Morgan fingerprint density at radius 2 is 1.70 bits per heavy atom.